The third kappa shape index (κ3) is 1.34. The Labute approximate surface area is 62.8 Å². The van der Waals surface area contributed by atoms with Gasteiger partial charge in [0, 0.05) is 13.2 Å². The number of ether oxygens (including phenoxy) is 1. The van der Waals surface area contributed by atoms with Crippen molar-refractivity contribution in [2.24, 2.45) is 11.8 Å². The number of fused-ring (bicyclic) bond motifs is 3. The summed E-state index contributed by atoms with van der Waals surface area (Å²) in [5.41, 5.74) is 0. The first-order chi connectivity index (χ1) is 4.95. The Hall–Kier alpha value is -0.0400. The molecular formula is C9H16O. The molecule has 1 saturated heterocycles. The van der Waals surface area contributed by atoms with Crippen LogP contribution in [-0.4, -0.2) is 13.2 Å². The Balaban J connectivity index is 2.01. The second kappa shape index (κ2) is 2.91. The normalized spacial score (nSPS) is 40.8. The highest BCUT2D eigenvalue weighted by atomic mass is 16.5. The summed E-state index contributed by atoms with van der Waals surface area (Å²) in [5.74, 6) is 1.82. The maximum atomic E-state index is 5.56. The van der Waals surface area contributed by atoms with Crippen LogP contribution >= 0.6 is 0 Å². The Morgan fingerprint density at radius 3 is 2.00 bits per heavy atom. The van der Waals surface area contributed by atoms with Crippen LogP contribution in [0.3, 0.4) is 0 Å². The molecule has 0 radical (unpaired) electrons. The minimum Gasteiger partial charge on any atom is -0.381 e. The molecule has 0 spiro atoms. The average Bonchev–Trinajstić information content (AvgIpc) is 2.17. The molecule has 0 amide bonds. The summed E-state index contributed by atoms with van der Waals surface area (Å²) in [6, 6.07) is 0. The minimum atomic E-state index is 0.910. The van der Waals surface area contributed by atoms with Crippen LogP contribution < -0.4 is 0 Å². The Morgan fingerprint density at radius 1 is 0.800 bits per heavy atom. The first kappa shape index (κ1) is 6.66. The lowest BCUT2D eigenvalue weighted by Gasteiger charge is -2.15. The Bertz CT molecular complexity index is 89.3. The molecule has 2 atom stereocenters. The summed E-state index contributed by atoms with van der Waals surface area (Å²) >= 11 is 0. The van der Waals surface area contributed by atoms with E-state index in [1.807, 2.05) is 0 Å². The van der Waals surface area contributed by atoms with Gasteiger partial charge in [-0.2, -0.15) is 0 Å². The van der Waals surface area contributed by atoms with Gasteiger partial charge in [0.05, 0.1) is 0 Å². The van der Waals surface area contributed by atoms with E-state index >= 15 is 0 Å². The summed E-state index contributed by atoms with van der Waals surface area (Å²) in [6.45, 7) is 2.10. The van der Waals surface area contributed by atoms with Crippen LogP contribution in [0.5, 0.6) is 0 Å². The zero-order valence-electron chi connectivity index (χ0n) is 6.51. The first-order valence-electron chi connectivity index (χ1n) is 4.53. The van der Waals surface area contributed by atoms with Crippen LogP contribution in [0.1, 0.15) is 32.1 Å². The topological polar surface area (TPSA) is 9.23 Å². The predicted octanol–water partition coefficient (Wildman–Crippen LogP) is 2.21. The summed E-state index contributed by atoms with van der Waals surface area (Å²) in [6.07, 6.45) is 7.18. The van der Waals surface area contributed by atoms with Gasteiger partial charge in [0.1, 0.15) is 0 Å². The monoisotopic (exact) mass is 140 g/mol. The van der Waals surface area contributed by atoms with Crippen LogP contribution in [-0.2, 0) is 4.74 Å². The van der Waals surface area contributed by atoms with E-state index in [0.717, 1.165) is 25.0 Å². The molecule has 1 nitrogen and oxygen atoms in total. The minimum absolute atomic E-state index is 0.910. The van der Waals surface area contributed by atoms with Gasteiger partial charge in [0.2, 0.25) is 0 Å². The Kier molecular flexibility index (Phi) is 1.94. The van der Waals surface area contributed by atoms with Crippen molar-refractivity contribution in [2.75, 3.05) is 13.2 Å². The van der Waals surface area contributed by atoms with Gasteiger partial charge in [-0.05, 0) is 37.5 Å². The number of rotatable bonds is 0. The highest BCUT2D eigenvalue weighted by molar-refractivity contribution is 4.73. The van der Waals surface area contributed by atoms with Crippen molar-refractivity contribution >= 4 is 0 Å². The fourth-order valence-corrected chi connectivity index (χ4v) is 2.19. The smallest absolute Gasteiger partial charge is 0.0494 e. The van der Waals surface area contributed by atoms with Crippen molar-refractivity contribution in [3.05, 3.63) is 0 Å². The lowest BCUT2D eigenvalue weighted by molar-refractivity contribution is 0.0770. The predicted molar refractivity (Wildman–Crippen MR) is 40.9 cm³/mol. The largest absolute Gasteiger partial charge is 0.381 e. The lowest BCUT2D eigenvalue weighted by Crippen LogP contribution is -2.11. The molecule has 10 heavy (non-hydrogen) atoms. The lowest BCUT2D eigenvalue weighted by atomic mass is 10.0. The van der Waals surface area contributed by atoms with Gasteiger partial charge >= 0.3 is 0 Å². The molecule has 2 unspecified atom stereocenters. The van der Waals surface area contributed by atoms with E-state index < -0.39 is 0 Å². The van der Waals surface area contributed by atoms with Gasteiger partial charge in [-0.15, -0.1) is 0 Å². The standard InChI is InChI=1S/C9H16O/c1-2-8-4-5-9(3-1)7-10-6-8/h8-9H,1-7H2. The van der Waals surface area contributed by atoms with Gasteiger partial charge in [-0.3, -0.25) is 0 Å². The molecule has 0 aromatic rings. The average molecular weight is 140 g/mol. The summed E-state index contributed by atoms with van der Waals surface area (Å²) < 4.78 is 5.56. The molecule has 0 aromatic heterocycles. The second-order valence-electron chi connectivity index (χ2n) is 3.78. The molecule has 2 aliphatic rings. The van der Waals surface area contributed by atoms with Gasteiger partial charge in [-0.1, -0.05) is 6.42 Å². The molecule has 1 heterocycles. The van der Waals surface area contributed by atoms with E-state index in [4.69, 9.17) is 4.74 Å². The van der Waals surface area contributed by atoms with Crippen LogP contribution in [0.2, 0.25) is 0 Å². The Morgan fingerprint density at radius 2 is 1.40 bits per heavy atom. The summed E-state index contributed by atoms with van der Waals surface area (Å²) in [5, 5.41) is 0. The van der Waals surface area contributed by atoms with Crippen molar-refractivity contribution in [1.29, 1.82) is 0 Å². The van der Waals surface area contributed by atoms with Crippen molar-refractivity contribution in [3.8, 4) is 0 Å². The van der Waals surface area contributed by atoms with Gasteiger partial charge in [0.25, 0.3) is 0 Å². The van der Waals surface area contributed by atoms with E-state index in [1.165, 1.54) is 32.1 Å². The van der Waals surface area contributed by atoms with Crippen LogP contribution in [0, 0.1) is 11.8 Å². The zero-order chi connectivity index (χ0) is 6.81. The van der Waals surface area contributed by atoms with Gasteiger partial charge < -0.3 is 4.74 Å². The zero-order valence-corrected chi connectivity index (χ0v) is 6.51. The molecule has 1 aliphatic heterocycles. The van der Waals surface area contributed by atoms with Crippen LogP contribution in [0.15, 0.2) is 0 Å². The SMILES string of the molecule is C1CC2CCC(C1)COC2. The highest BCUT2D eigenvalue weighted by Gasteiger charge is 2.22. The van der Waals surface area contributed by atoms with E-state index in [9.17, 15) is 0 Å². The van der Waals surface area contributed by atoms with Crippen molar-refractivity contribution in [2.45, 2.75) is 32.1 Å². The molecule has 58 valence electrons. The fraction of sp³-hybridized carbons (Fsp3) is 1.00. The molecule has 1 heteroatoms. The molecule has 2 fully saturated rings. The van der Waals surface area contributed by atoms with Gasteiger partial charge in [0.15, 0.2) is 0 Å². The second-order valence-corrected chi connectivity index (χ2v) is 3.78. The molecule has 0 N–H and O–H groups in total. The number of hydrogen-bond donors (Lipinski definition) is 0. The fourth-order valence-electron chi connectivity index (χ4n) is 2.19. The van der Waals surface area contributed by atoms with Crippen molar-refractivity contribution in [3.63, 3.8) is 0 Å². The molecule has 2 bridgehead atoms. The van der Waals surface area contributed by atoms with E-state index in [0.29, 0.717) is 0 Å². The maximum Gasteiger partial charge on any atom is 0.0494 e. The molecule has 1 aliphatic carbocycles. The molecular weight excluding hydrogens is 124 g/mol. The van der Waals surface area contributed by atoms with Gasteiger partial charge in [-0.25, -0.2) is 0 Å². The maximum absolute atomic E-state index is 5.56. The third-order valence-corrected chi connectivity index (χ3v) is 2.92. The first-order valence-corrected chi connectivity index (χ1v) is 4.53. The quantitative estimate of drug-likeness (QED) is 0.501. The summed E-state index contributed by atoms with van der Waals surface area (Å²) in [7, 11) is 0. The van der Waals surface area contributed by atoms with E-state index in [-0.39, 0.29) is 0 Å². The van der Waals surface area contributed by atoms with E-state index in [2.05, 4.69) is 0 Å². The molecule has 0 aromatic carbocycles. The molecule has 1 saturated carbocycles. The van der Waals surface area contributed by atoms with Crippen molar-refractivity contribution < 1.29 is 4.74 Å². The van der Waals surface area contributed by atoms with Crippen molar-refractivity contribution in [1.82, 2.24) is 0 Å². The van der Waals surface area contributed by atoms with Crippen LogP contribution in [0.25, 0.3) is 0 Å². The molecule has 2 rings (SSSR count). The third-order valence-electron chi connectivity index (χ3n) is 2.92. The van der Waals surface area contributed by atoms with Crippen LogP contribution in [0.4, 0.5) is 0 Å². The highest BCUT2D eigenvalue weighted by Crippen LogP contribution is 2.30. The van der Waals surface area contributed by atoms with E-state index in [1.54, 1.807) is 0 Å². The number of hydrogen-bond acceptors (Lipinski definition) is 1. The summed E-state index contributed by atoms with van der Waals surface area (Å²) in [4.78, 5) is 0.